The van der Waals surface area contributed by atoms with E-state index in [4.69, 9.17) is 0 Å². The van der Waals surface area contributed by atoms with Crippen molar-refractivity contribution in [3.8, 4) is 11.3 Å². The molecule has 2 aromatic carbocycles. The van der Waals surface area contributed by atoms with Gasteiger partial charge in [0.2, 0.25) is 0 Å². The molecule has 0 atom stereocenters. The molecule has 156 valence electrons. The molecule has 0 aliphatic heterocycles. The monoisotopic (exact) mass is 455 g/mol. The number of rotatable bonds is 6. The molecular weight excluding hydrogens is 440 g/mol. The summed E-state index contributed by atoms with van der Waals surface area (Å²) in [6.45, 7) is 0.350. The van der Waals surface area contributed by atoms with Gasteiger partial charge in [-0.05, 0) is 47.3 Å². The molecule has 0 aliphatic rings. The zero-order chi connectivity index (χ0) is 21.8. The predicted octanol–water partition coefficient (Wildman–Crippen LogP) is 5.33. The van der Waals surface area contributed by atoms with Crippen molar-refractivity contribution >= 4 is 39.6 Å². The highest BCUT2D eigenvalue weighted by molar-refractivity contribution is 7.14. The minimum absolute atomic E-state index is 0.141. The van der Waals surface area contributed by atoms with Gasteiger partial charge < -0.3 is 5.32 Å². The molecule has 0 aliphatic carbocycles. The van der Waals surface area contributed by atoms with Gasteiger partial charge in [-0.1, -0.05) is 18.2 Å². The second-order valence-electron chi connectivity index (χ2n) is 6.48. The van der Waals surface area contributed by atoms with E-state index in [0.717, 1.165) is 17.7 Å². The first kappa shape index (κ1) is 20.8. The lowest BCUT2D eigenvalue weighted by Crippen LogP contribution is -2.21. The van der Waals surface area contributed by atoms with E-state index in [9.17, 15) is 18.4 Å². The molecule has 2 amide bonds. The number of nitrogens with one attached hydrogen (secondary N) is 2. The molecule has 4 rings (SSSR count). The molecular formula is C22H15F2N3O2S2. The lowest BCUT2D eigenvalue weighted by molar-refractivity contribution is 0.0953. The summed E-state index contributed by atoms with van der Waals surface area (Å²) < 4.78 is 26.5. The van der Waals surface area contributed by atoms with Crippen molar-refractivity contribution in [3.05, 3.63) is 93.0 Å². The lowest BCUT2D eigenvalue weighted by Gasteiger charge is -2.06. The highest BCUT2D eigenvalue weighted by Gasteiger charge is 2.12. The Hall–Kier alpha value is -3.43. The Kier molecular flexibility index (Phi) is 6.15. The van der Waals surface area contributed by atoms with E-state index in [1.54, 1.807) is 35.7 Å². The maximum absolute atomic E-state index is 13.4. The van der Waals surface area contributed by atoms with E-state index >= 15 is 0 Å². The van der Waals surface area contributed by atoms with Crippen molar-refractivity contribution < 1.29 is 18.4 Å². The van der Waals surface area contributed by atoms with Gasteiger partial charge in [-0.15, -0.1) is 22.7 Å². The minimum Gasteiger partial charge on any atom is -0.347 e. The van der Waals surface area contributed by atoms with Crippen molar-refractivity contribution in [3.63, 3.8) is 0 Å². The van der Waals surface area contributed by atoms with E-state index in [-0.39, 0.29) is 11.8 Å². The summed E-state index contributed by atoms with van der Waals surface area (Å²) in [6.07, 6.45) is 0. The van der Waals surface area contributed by atoms with Crippen molar-refractivity contribution in [2.75, 3.05) is 5.32 Å². The van der Waals surface area contributed by atoms with Gasteiger partial charge >= 0.3 is 0 Å². The highest BCUT2D eigenvalue weighted by atomic mass is 32.1. The Bertz CT molecular complexity index is 1220. The van der Waals surface area contributed by atoms with Crippen LogP contribution in [0.1, 0.15) is 25.6 Å². The van der Waals surface area contributed by atoms with Gasteiger partial charge in [0.15, 0.2) is 16.8 Å². The van der Waals surface area contributed by atoms with E-state index in [1.807, 2.05) is 11.4 Å². The van der Waals surface area contributed by atoms with E-state index in [2.05, 4.69) is 15.6 Å². The summed E-state index contributed by atoms with van der Waals surface area (Å²) in [7, 11) is 0. The Balaban J connectivity index is 1.36. The number of carbonyl (C=O) groups is 2. The predicted molar refractivity (Wildman–Crippen MR) is 117 cm³/mol. The first-order chi connectivity index (χ1) is 15.0. The molecule has 0 spiro atoms. The van der Waals surface area contributed by atoms with Crippen LogP contribution in [0.25, 0.3) is 11.3 Å². The third kappa shape index (κ3) is 5.01. The van der Waals surface area contributed by atoms with Crippen molar-refractivity contribution in [2.24, 2.45) is 0 Å². The normalized spacial score (nSPS) is 10.6. The van der Waals surface area contributed by atoms with Gasteiger partial charge in [-0.2, -0.15) is 0 Å². The summed E-state index contributed by atoms with van der Waals surface area (Å²) in [5, 5.41) is 9.36. The molecule has 5 nitrogen and oxygen atoms in total. The third-order valence-electron chi connectivity index (χ3n) is 4.35. The van der Waals surface area contributed by atoms with Crippen LogP contribution in [-0.2, 0) is 6.54 Å². The number of nitrogens with zero attached hydrogens (tertiary/aromatic N) is 1. The first-order valence-corrected chi connectivity index (χ1v) is 10.9. The molecule has 0 saturated carbocycles. The number of hydrogen-bond acceptors (Lipinski definition) is 5. The topological polar surface area (TPSA) is 71.1 Å². The molecule has 2 heterocycles. The number of aromatic nitrogens is 1. The van der Waals surface area contributed by atoms with Crippen LogP contribution in [0.3, 0.4) is 0 Å². The molecule has 0 unspecified atom stereocenters. The molecule has 0 bridgehead atoms. The Morgan fingerprint density at radius 3 is 2.45 bits per heavy atom. The van der Waals surface area contributed by atoms with E-state index < -0.39 is 11.6 Å². The number of hydrogen-bond donors (Lipinski definition) is 2. The number of carbonyl (C=O) groups excluding carboxylic acids is 2. The van der Waals surface area contributed by atoms with Crippen molar-refractivity contribution in [1.29, 1.82) is 0 Å². The molecule has 2 aromatic heterocycles. The van der Waals surface area contributed by atoms with Gasteiger partial charge in [0.1, 0.15) is 0 Å². The standard InChI is InChI=1S/C22H15F2N3O2S2/c23-16-8-7-15(10-17(16)24)18-12-31-22(26-18)27-20(28)14-5-3-13(4-6-14)11-25-21(29)19-2-1-9-30-19/h1-10,12H,11H2,(H,25,29)(H,26,27,28). The van der Waals surface area contributed by atoms with Crippen LogP contribution >= 0.6 is 22.7 Å². The highest BCUT2D eigenvalue weighted by Crippen LogP contribution is 2.26. The summed E-state index contributed by atoms with van der Waals surface area (Å²) in [5.74, 6) is -2.37. The maximum atomic E-state index is 13.4. The molecule has 0 radical (unpaired) electrons. The Morgan fingerprint density at radius 2 is 1.74 bits per heavy atom. The zero-order valence-corrected chi connectivity index (χ0v) is 17.5. The average molecular weight is 456 g/mol. The fraction of sp³-hybridized carbons (Fsp3) is 0.0455. The number of thiazole rings is 1. The summed E-state index contributed by atoms with van der Waals surface area (Å²) in [4.78, 5) is 29.4. The summed E-state index contributed by atoms with van der Waals surface area (Å²) >= 11 is 2.55. The van der Waals surface area contributed by atoms with Crippen LogP contribution in [0.4, 0.5) is 13.9 Å². The van der Waals surface area contributed by atoms with Crippen molar-refractivity contribution in [1.82, 2.24) is 10.3 Å². The third-order valence-corrected chi connectivity index (χ3v) is 5.98. The number of amides is 2. The molecule has 4 aromatic rings. The minimum atomic E-state index is -0.956. The SMILES string of the molecule is O=C(Nc1nc(-c2ccc(F)c(F)c2)cs1)c1ccc(CNC(=O)c2cccs2)cc1. The number of anilines is 1. The van der Waals surface area contributed by atoms with Crippen LogP contribution in [0.5, 0.6) is 0 Å². The van der Waals surface area contributed by atoms with Gasteiger partial charge in [0.25, 0.3) is 11.8 Å². The number of halogens is 2. The first-order valence-electron chi connectivity index (χ1n) is 9.12. The van der Waals surface area contributed by atoms with Crippen LogP contribution in [0, 0.1) is 11.6 Å². The van der Waals surface area contributed by atoms with Crippen LogP contribution < -0.4 is 10.6 Å². The smallest absolute Gasteiger partial charge is 0.261 e. The fourth-order valence-corrected chi connectivity index (χ4v) is 4.09. The molecule has 0 fully saturated rings. The second kappa shape index (κ2) is 9.15. The molecule has 9 heteroatoms. The second-order valence-corrected chi connectivity index (χ2v) is 8.28. The average Bonchev–Trinajstić information content (AvgIpc) is 3.47. The Morgan fingerprint density at radius 1 is 0.935 bits per heavy atom. The van der Waals surface area contributed by atoms with Gasteiger partial charge in [0.05, 0.1) is 10.6 Å². The van der Waals surface area contributed by atoms with Gasteiger partial charge in [-0.25, -0.2) is 13.8 Å². The largest absolute Gasteiger partial charge is 0.347 e. The Labute approximate surface area is 184 Å². The summed E-state index contributed by atoms with van der Waals surface area (Å²) in [6, 6.07) is 13.9. The van der Waals surface area contributed by atoms with Gasteiger partial charge in [-0.3, -0.25) is 14.9 Å². The fourth-order valence-electron chi connectivity index (χ4n) is 2.74. The van der Waals surface area contributed by atoms with Gasteiger partial charge in [0, 0.05) is 23.1 Å². The van der Waals surface area contributed by atoms with Crippen LogP contribution in [0.2, 0.25) is 0 Å². The number of thiophene rings is 1. The summed E-state index contributed by atoms with van der Waals surface area (Å²) in [5.41, 5.74) is 2.15. The molecule has 31 heavy (non-hydrogen) atoms. The number of benzene rings is 2. The maximum Gasteiger partial charge on any atom is 0.261 e. The molecule has 2 N–H and O–H groups in total. The zero-order valence-electron chi connectivity index (χ0n) is 15.9. The quantitative estimate of drug-likeness (QED) is 0.413. The van der Waals surface area contributed by atoms with Crippen LogP contribution in [0.15, 0.2) is 65.4 Å². The lowest BCUT2D eigenvalue weighted by atomic mass is 10.1. The van der Waals surface area contributed by atoms with E-state index in [0.29, 0.717) is 33.4 Å². The van der Waals surface area contributed by atoms with Crippen molar-refractivity contribution in [2.45, 2.75) is 6.54 Å². The van der Waals surface area contributed by atoms with E-state index in [1.165, 1.54) is 28.7 Å². The van der Waals surface area contributed by atoms with Crippen LogP contribution in [-0.4, -0.2) is 16.8 Å². The molecule has 0 saturated heterocycles.